The Morgan fingerprint density at radius 1 is 1.50 bits per heavy atom. The molecule has 0 fully saturated rings. The van der Waals surface area contributed by atoms with Gasteiger partial charge in [-0.25, -0.2) is 0 Å². The maximum atomic E-state index is 11.5. The standard InChI is InChI=1S/C10H9ClO3/c1-13-10-5-9-6(4-7(10)11)8(12)2-3-14-9/h4-5H,2-3H2,1H3. The lowest BCUT2D eigenvalue weighted by Gasteiger charge is -2.17. The van der Waals surface area contributed by atoms with Crippen molar-refractivity contribution >= 4 is 17.4 Å². The fourth-order valence-corrected chi connectivity index (χ4v) is 1.66. The van der Waals surface area contributed by atoms with Crippen molar-refractivity contribution < 1.29 is 14.3 Å². The molecule has 0 atom stereocenters. The number of benzene rings is 1. The van der Waals surface area contributed by atoms with Crippen LogP contribution in [-0.4, -0.2) is 19.5 Å². The molecule has 4 heteroatoms. The molecular weight excluding hydrogens is 204 g/mol. The molecule has 0 saturated heterocycles. The lowest BCUT2D eigenvalue weighted by atomic mass is 10.1. The van der Waals surface area contributed by atoms with Gasteiger partial charge in [-0.15, -0.1) is 0 Å². The minimum absolute atomic E-state index is 0.0656. The number of hydrogen-bond acceptors (Lipinski definition) is 3. The van der Waals surface area contributed by atoms with Crippen molar-refractivity contribution in [3.8, 4) is 11.5 Å². The summed E-state index contributed by atoms with van der Waals surface area (Å²) in [5.74, 6) is 1.15. The lowest BCUT2D eigenvalue weighted by Crippen LogP contribution is -2.15. The van der Waals surface area contributed by atoms with Crippen LogP contribution in [0.3, 0.4) is 0 Å². The van der Waals surface area contributed by atoms with E-state index in [4.69, 9.17) is 21.1 Å². The van der Waals surface area contributed by atoms with E-state index < -0.39 is 0 Å². The highest BCUT2D eigenvalue weighted by atomic mass is 35.5. The normalized spacial score (nSPS) is 14.6. The third-order valence-corrected chi connectivity index (χ3v) is 2.44. The van der Waals surface area contributed by atoms with Gasteiger partial charge in [0, 0.05) is 12.5 Å². The quantitative estimate of drug-likeness (QED) is 0.717. The van der Waals surface area contributed by atoms with E-state index in [-0.39, 0.29) is 5.78 Å². The highest BCUT2D eigenvalue weighted by Crippen LogP contribution is 2.34. The van der Waals surface area contributed by atoms with Crippen LogP contribution >= 0.6 is 11.6 Å². The summed E-state index contributed by atoms with van der Waals surface area (Å²) in [7, 11) is 1.53. The van der Waals surface area contributed by atoms with Gasteiger partial charge in [-0.1, -0.05) is 11.6 Å². The first-order valence-electron chi connectivity index (χ1n) is 4.26. The molecule has 3 nitrogen and oxygen atoms in total. The van der Waals surface area contributed by atoms with Gasteiger partial charge in [0.2, 0.25) is 0 Å². The van der Waals surface area contributed by atoms with Crippen LogP contribution in [0.4, 0.5) is 0 Å². The SMILES string of the molecule is COc1cc2c(cc1Cl)C(=O)CCO2. The third kappa shape index (κ3) is 1.44. The average molecular weight is 213 g/mol. The first-order chi connectivity index (χ1) is 6.72. The zero-order chi connectivity index (χ0) is 10.1. The Morgan fingerprint density at radius 2 is 2.29 bits per heavy atom. The van der Waals surface area contributed by atoms with Gasteiger partial charge >= 0.3 is 0 Å². The number of Topliss-reactive ketones (excluding diaryl/α,β-unsaturated/α-hetero) is 1. The number of hydrogen-bond donors (Lipinski definition) is 0. The predicted octanol–water partition coefficient (Wildman–Crippen LogP) is 2.31. The van der Waals surface area contributed by atoms with E-state index in [1.807, 2.05) is 0 Å². The Labute approximate surface area is 86.6 Å². The predicted molar refractivity (Wildman–Crippen MR) is 52.4 cm³/mol. The van der Waals surface area contributed by atoms with E-state index in [1.165, 1.54) is 7.11 Å². The van der Waals surface area contributed by atoms with E-state index >= 15 is 0 Å². The second kappa shape index (κ2) is 3.50. The fourth-order valence-electron chi connectivity index (χ4n) is 1.42. The van der Waals surface area contributed by atoms with Gasteiger partial charge in [0.15, 0.2) is 5.78 Å². The molecule has 1 aromatic carbocycles. The van der Waals surface area contributed by atoms with Crippen LogP contribution in [0.25, 0.3) is 0 Å². The van der Waals surface area contributed by atoms with E-state index in [2.05, 4.69) is 0 Å². The fraction of sp³-hybridized carbons (Fsp3) is 0.300. The number of ether oxygens (including phenoxy) is 2. The molecule has 0 amide bonds. The highest BCUT2D eigenvalue weighted by molar-refractivity contribution is 6.32. The molecule has 1 aliphatic heterocycles. The van der Waals surface area contributed by atoms with Crippen LogP contribution in [0, 0.1) is 0 Å². The van der Waals surface area contributed by atoms with Gasteiger partial charge in [-0.05, 0) is 6.07 Å². The van der Waals surface area contributed by atoms with Gasteiger partial charge in [0.25, 0.3) is 0 Å². The molecule has 14 heavy (non-hydrogen) atoms. The summed E-state index contributed by atoms with van der Waals surface area (Å²) >= 11 is 5.89. The van der Waals surface area contributed by atoms with Crippen LogP contribution in [0.1, 0.15) is 16.8 Å². The summed E-state index contributed by atoms with van der Waals surface area (Å²) in [5.41, 5.74) is 0.544. The second-order valence-corrected chi connectivity index (χ2v) is 3.41. The number of carbonyl (C=O) groups is 1. The van der Waals surface area contributed by atoms with Crippen molar-refractivity contribution in [1.82, 2.24) is 0 Å². The van der Waals surface area contributed by atoms with E-state index in [1.54, 1.807) is 12.1 Å². The summed E-state index contributed by atoms with van der Waals surface area (Å²) in [5, 5.41) is 0.435. The molecular formula is C10H9ClO3. The molecule has 1 aromatic rings. The topological polar surface area (TPSA) is 35.5 Å². The Kier molecular flexibility index (Phi) is 2.33. The zero-order valence-corrected chi connectivity index (χ0v) is 8.43. The Bertz CT molecular complexity index is 387. The first-order valence-corrected chi connectivity index (χ1v) is 4.63. The molecule has 1 aliphatic rings. The number of methoxy groups -OCH3 is 1. The molecule has 0 spiro atoms. The molecule has 0 bridgehead atoms. The molecule has 74 valence electrons. The van der Waals surface area contributed by atoms with Crippen molar-refractivity contribution in [1.29, 1.82) is 0 Å². The van der Waals surface area contributed by atoms with E-state index in [0.717, 1.165) is 0 Å². The van der Waals surface area contributed by atoms with Gasteiger partial charge in [0.05, 0.1) is 24.3 Å². The average Bonchev–Trinajstić information content (AvgIpc) is 2.19. The van der Waals surface area contributed by atoms with Gasteiger partial charge in [-0.2, -0.15) is 0 Å². The number of ketones is 1. The smallest absolute Gasteiger partial charge is 0.170 e. The van der Waals surface area contributed by atoms with E-state index in [0.29, 0.717) is 35.1 Å². The number of carbonyl (C=O) groups excluding carboxylic acids is 1. The number of halogens is 1. The minimum atomic E-state index is 0.0656. The highest BCUT2D eigenvalue weighted by Gasteiger charge is 2.20. The van der Waals surface area contributed by atoms with Crippen LogP contribution in [-0.2, 0) is 0 Å². The summed E-state index contributed by atoms with van der Waals surface area (Å²) in [6, 6.07) is 3.24. The Morgan fingerprint density at radius 3 is 3.00 bits per heavy atom. The lowest BCUT2D eigenvalue weighted by molar-refractivity contribution is 0.0933. The monoisotopic (exact) mass is 212 g/mol. The second-order valence-electron chi connectivity index (χ2n) is 3.00. The largest absolute Gasteiger partial charge is 0.495 e. The van der Waals surface area contributed by atoms with E-state index in [9.17, 15) is 4.79 Å². The summed E-state index contributed by atoms with van der Waals surface area (Å²) < 4.78 is 10.4. The van der Waals surface area contributed by atoms with Crippen LogP contribution in [0.5, 0.6) is 11.5 Å². The maximum Gasteiger partial charge on any atom is 0.170 e. The van der Waals surface area contributed by atoms with Crippen molar-refractivity contribution in [2.75, 3.05) is 13.7 Å². The summed E-state index contributed by atoms with van der Waals surface area (Å²) in [6.07, 6.45) is 0.412. The molecule has 0 radical (unpaired) electrons. The summed E-state index contributed by atoms with van der Waals surface area (Å²) in [6.45, 7) is 0.427. The number of fused-ring (bicyclic) bond motifs is 1. The van der Waals surface area contributed by atoms with Crippen molar-refractivity contribution in [3.63, 3.8) is 0 Å². The Hall–Kier alpha value is -1.22. The molecule has 0 saturated carbocycles. The maximum absolute atomic E-state index is 11.5. The van der Waals surface area contributed by atoms with Gasteiger partial charge < -0.3 is 9.47 Å². The summed E-state index contributed by atoms with van der Waals surface area (Å²) in [4.78, 5) is 11.5. The molecule has 2 rings (SSSR count). The number of rotatable bonds is 1. The molecule has 0 aliphatic carbocycles. The van der Waals surface area contributed by atoms with Gasteiger partial charge in [0.1, 0.15) is 11.5 Å². The minimum Gasteiger partial charge on any atom is -0.495 e. The molecule has 0 unspecified atom stereocenters. The van der Waals surface area contributed by atoms with Crippen LogP contribution < -0.4 is 9.47 Å². The molecule has 0 aromatic heterocycles. The van der Waals surface area contributed by atoms with Crippen molar-refractivity contribution in [2.24, 2.45) is 0 Å². The van der Waals surface area contributed by atoms with Gasteiger partial charge in [-0.3, -0.25) is 4.79 Å². The van der Waals surface area contributed by atoms with Crippen molar-refractivity contribution in [3.05, 3.63) is 22.7 Å². The third-order valence-electron chi connectivity index (χ3n) is 2.14. The Balaban J connectivity index is 2.54. The van der Waals surface area contributed by atoms with Crippen LogP contribution in [0.15, 0.2) is 12.1 Å². The molecule has 0 N–H and O–H groups in total. The first kappa shape index (κ1) is 9.34. The van der Waals surface area contributed by atoms with Crippen molar-refractivity contribution in [2.45, 2.75) is 6.42 Å². The zero-order valence-electron chi connectivity index (χ0n) is 7.67. The van der Waals surface area contributed by atoms with Crippen LogP contribution in [0.2, 0.25) is 5.02 Å². The molecule has 1 heterocycles.